The Morgan fingerprint density at radius 1 is 0.966 bits per heavy atom. The zero-order valence-corrected chi connectivity index (χ0v) is 16.5. The molecule has 152 valence electrons. The zero-order valence-electron chi connectivity index (χ0n) is 16.5. The standard InChI is InChI=1S/C23H25NO5/c1-28-20-9-5-16(6-10-20)14-24-22(26)15-29-23(27)12-11-21(25)19-8-7-17-3-2-4-18(17)13-19/h5-10,13H,2-4,11-12,14-15H2,1H3,(H,24,26). The SMILES string of the molecule is COc1ccc(CNC(=O)COC(=O)CCC(=O)c2ccc3c(c2)CCC3)cc1. The van der Waals surface area contributed by atoms with Gasteiger partial charge in [0.05, 0.1) is 13.5 Å². The lowest BCUT2D eigenvalue weighted by atomic mass is 10.0. The van der Waals surface area contributed by atoms with E-state index in [-0.39, 0.29) is 31.1 Å². The predicted molar refractivity (Wildman–Crippen MR) is 108 cm³/mol. The molecule has 6 heteroatoms. The molecular weight excluding hydrogens is 370 g/mol. The molecule has 0 spiro atoms. The predicted octanol–water partition coefficient (Wildman–Crippen LogP) is 3.01. The molecule has 0 fully saturated rings. The number of Topliss-reactive ketones (excluding diaryl/α,β-unsaturated/α-hetero) is 1. The summed E-state index contributed by atoms with van der Waals surface area (Å²) in [5.74, 6) is -0.290. The number of benzene rings is 2. The van der Waals surface area contributed by atoms with Gasteiger partial charge in [-0.3, -0.25) is 14.4 Å². The van der Waals surface area contributed by atoms with Crippen LogP contribution >= 0.6 is 0 Å². The van der Waals surface area contributed by atoms with Crippen molar-refractivity contribution < 1.29 is 23.9 Å². The van der Waals surface area contributed by atoms with Crippen molar-refractivity contribution in [3.05, 3.63) is 64.7 Å². The summed E-state index contributed by atoms with van der Waals surface area (Å²) in [4.78, 5) is 36.0. The van der Waals surface area contributed by atoms with E-state index in [2.05, 4.69) is 5.32 Å². The molecule has 29 heavy (non-hydrogen) atoms. The number of methoxy groups -OCH3 is 1. The highest BCUT2D eigenvalue weighted by molar-refractivity contribution is 5.98. The van der Waals surface area contributed by atoms with Gasteiger partial charge in [-0.15, -0.1) is 0 Å². The Hall–Kier alpha value is -3.15. The largest absolute Gasteiger partial charge is 0.497 e. The minimum atomic E-state index is -0.556. The molecule has 2 aromatic carbocycles. The van der Waals surface area contributed by atoms with Gasteiger partial charge in [-0.2, -0.15) is 0 Å². The first kappa shape index (κ1) is 20.6. The highest BCUT2D eigenvalue weighted by Crippen LogP contribution is 2.23. The number of rotatable bonds is 9. The van der Waals surface area contributed by atoms with Crippen molar-refractivity contribution in [1.82, 2.24) is 5.32 Å². The van der Waals surface area contributed by atoms with Gasteiger partial charge in [-0.25, -0.2) is 0 Å². The second-order valence-corrected chi connectivity index (χ2v) is 7.05. The molecule has 0 radical (unpaired) electrons. The maximum Gasteiger partial charge on any atom is 0.306 e. The molecule has 0 aliphatic heterocycles. The Kier molecular flexibility index (Phi) is 7.00. The van der Waals surface area contributed by atoms with Crippen LogP contribution in [0, 0.1) is 0 Å². The van der Waals surface area contributed by atoms with E-state index in [1.54, 1.807) is 19.2 Å². The van der Waals surface area contributed by atoms with Crippen molar-refractivity contribution in [3.8, 4) is 5.75 Å². The lowest BCUT2D eigenvalue weighted by Gasteiger charge is -2.08. The molecule has 1 aliphatic rings. The van der Waals surface area contributed by atoms with Gasteiger partial charge < -0.3 is 14.8 Å². The van der Waals surface area contributed by atoms with Crippen molar-refractivity contribution in [2.45, 2.75) is 38.6 Å². The summed E-state index contributed by atoms with van der Waals surface area (Å²) >= 11 is 0. The molecule has 2 aromatic rings. The lowest BCUT2D eigenvalue weighted by molar-refractivity contribution is -0.148. The third-order valence-electron chi connectivity index (χ3n) is 4.99. The minimum Gasteiger partial charge on any atom is -0.497 e. The average Bonchev–Trinajstić information content (AvgIpc) is 3.22. The Balaban J connectivity index is 1.35. The van der Waals surface area contributed by atoms with E-state index >= 15 is 0 Å². The Morgan fingerprint density at radius 2 is 1.72 bits per heavy atom. The lowest BCUT2D eigenvalue weighted by Crippen LogP contribution is -2.28. The maximum absolute atomic E-state index is 12.3. The first-order valence-corrected chi connectivity index (χ1v) is 9.75. The maximum atomic E-state index is 12.3. The molecule has 0 heterocycles. The van der Waals surface area contributed by atoms with Crippen LogP contribution in [0.25, 0.3) is 0 Å². The van der Waals surface area contributed by atoms with Gasteiger partial charge in [-0.05, 0) is 54.2 Å². The Bertz CT molecular complexity index is 889. The number of ketones is 1. The minimum absolute atomic E-state index is 0.0400. The number of carbonyl (C=O) groups is 3. The van der Waals surface area contributed by atoms with E-state index in [0.717, 1.165) is 30.6 Å². The van der Waals surface area contributed by atoms with E-state index in [4.69, 9.17) is 9.47 Å². The van der Waals surface area contributed by atoms with Crippen LogP contribution in [0.4, 0.5) is 0 Å². The number of hydrogen-bond acceptors (Lipinski definition) is 5. The van der Waals surface area contributed by atoms with Crippen molar-refractivity contribution in [1.29, 1.82) is 0 Å². The molecule has 6 nitrogen and oxygen atoms in total. The molecule has 0 saturated carbocycles. The summed E-state index contributed by atoms with van der Waals surface area (Å²) in [6.07, 6.45) is 3.23. The zero-order chi connectivity index (χ0) is 20.6. The van der Waals surface area contributed by atoms with Gasteiger partial charge in [0.2, 0.25) is 0 Å². The van der Waals surface area contributed by atoms with Crippen LogP contribution < -0.4 is 10.1 Å². The van der Waals surface area contributed by atoms with Crippen LogP contribution in [0.15, 0.2) is 42.5 Å². The fraction of sp³-hybridized carbons (Fsp3) is 0.348. The molecule has 0 unspecified atom stereocenters. The van der Waals surface area contributed by atoms with Gasteiger partial charge in [0.25, 0.3) is 5.91 Å². The van der Waals surface area contributed by atoms with Crippen molar-refractivity contribution in [3.63, 3.8) is 0 Å². The number of aryl methyl sites for hydroxylation is 2. The highest BCUT2D eigenvalue weighted by atomic mass is 16.5. The van der Waals surface area contributed by atoms with Crippen molar-refractivity contribution >= 4 is 17.7 Å². The van der Waals surface area contributed by atoms with Gasteiger partial charge in [-0.1, -0.05) is 24.3 Å². The Labute approximate surface area is 170 Å². The third-order valence-corrected chi connectivity index (χ3v) is 4.99. The number of esters is 1. The first-order chi connectivity index (χ1) is 14.0. The second-order valence-electron chi connectivity index (χ2n) is 7.05. The van der Waals surface area contributed by atoms with Crippen LogP contribution in [-0.4, -0.2) is 31.4 Å². The molecule has 0 aromatic heterocycles. The van der Waals surface area contributed by atoms with Gasteiger partial charge in [0, 0.05) is 18.5 Å². The van der Waals surface area contributed by atoms with Crippen LogP contribution in [-0.2, 0) is 33.7 Å². The van der Waals surface area contributed by atoms with E-state index in [0.29, 0.717) is 12.1 Å². The number of fused-ring (bicyclic) bond motifs is 1. The fourth-order valence-corrected chi connectivity index (χ4v) is 3.32. The smallest absolute Gasteiger partial charge is 0.306 e. The number of amides is 1. The average molecular weight is 395 g/mol. The van der Waals surface area contributed by atoms with Crippen LogP contribution in [0.3, 0.4) is 0 Å². The van der Waals surface area contributed by atoms with Crippen molar-refractivity contribution in [2.75, 3.05) is 13.7 Å². The molecule has 1 amide bonds. The van der Waals surface area contributed by atoms with E-state index in [9.17, 15) is 14.4 Å². The van der Waals surface area contributed by atoms with E-state index in [1.807, 2.05) is 30.3 Å². The topological polar surface area (TPSA) is 81.7 Å². The summed E-state index contributed by atoms with van der Waals surface area (Å²) in [5, 5.41) is 2.68. The van der Waals surface area contributed by atoms with Gasteiger partial charge in [0.15, 0.2) is 12.4 Å². The first-order valence-electron chi connectivity index (χ1n) is 9.75. The molecule has 1 aliphatic carbocycles. The summed E-state index contributed by atoms with van der Waals surface area (Å²) in [5.41, 5.74) is 4.08. The fourth-order valence-electron chi connectivity index (χ4n) is 3.32. The molecule has 1 N–H and O–H groups in total. The number of nitrogens with one attached hydrogen (secondary N) is 1. The highest BCUT2D eigenvalue weighted by Gasteiger charge is 2.15. The molecule has 0 bridgehead atoms. The second kappa shape index (κ2) is 9.87. The third kappa shape index (κ3) is 5.91. The van der Waals surface area contributed by atoms with E-state index in [1.165, 1.54) is 11.1 Å². The molecule has 0 saturated heterocycles. The quantitative estimate of drug-likeness (QED) is 0.521. The van der Waals surface area contributed by atoms with E-state index < -0.39 is 5.97 Å². The van der Waals surface area contributed by atoms with Crippen molar-refractivity contribution in [2.24, 2.45) is 0 Å². The molecular formula is C23H25NO5. The number of carbonyl (C=O) groups excluding carboxylic acids is 3. The molecule has 3 rings (SSSR count). The van der Waals surface area contributed by atoms with Crippen LogP contribution in [0.1, 0.15) is 46.3 Å². The number of ether oxygens (including phenoxy) is 2. The summed E-state index contributed by atoms with van der Waals surface area (Å²) < 4.78 is 10.0. The normalized spacial score (nSPS) is 12.2. The Morgan fingerprint density at radius 3 is 2.48 bits per heavy atom. The van der Waals surface area contributed by atoms with Gasteiger partial charge in [0.1, 0.15) is 5.75 Å². The van der Waals surface area contributed by atoms with Crippen LogP contribution in [0.5, 0.6) is 5.75 Å². The van der Waals surface area contributed by atoms with Gasteiger partial charge >= 0.3 is 5.97 Å². The summed E-state index contributed by atoms with van der Waals surface area (Å²) in [7, 11) is 1.59. The summed E-state index contributed by atoms with van der Waals surface area (Å²) in [6, 6.07) is 13.1. The monoisotopic (exact) mass is 395 g/mol. The molecule has 0 atom stereocenters. The number of hydrogen-bond donors (Lipinski definition) is 1. The van der Waals surface area contributed by atoms with Crippen LogP contribution in [0.2, 0.25) is 0 Å². The summed E-state index contributed by atoms with van der Waals surface area (Å²) in [6.45, 7) is -0.0286.